The van der Waals surface area contributed by atoms with Crippen molar-refractivity contribution in [2.45, 2.75) is 65.8 Å². The zero-order chi connectivity index (χ0) is 15.4. The Balaban J connectivity index is 2.42. The summed E-state index contributed by atoms with van der Waals surface area (Å²) in [4.78, 5) is 22.8. The Morgan fingerprint density at radius 2 is 1.90 bits per heavy atom. The average Bonchev–Trinajstić information content (AvgIpc) is 3.03. The van der Waals surface area contributed by atoms with Crippen LogP contribution in [0.2, 0.25) is 0 Å². The molecule has 1 unspecified atom stereocenters. The lowest BCUT2D eigenvalue weighted by Crippen LogP contribution is -2.46. The van der Waals surface area contributed by atoms with Crippen LogP contribution in [0.1, 0.15) is 59.8 Å². The molecule has 2 amide bonds. The second-order valence-corrected chi connectivity index (χ2v) is 7.24. The first-order valence-corrected chi connectivity index (χ1v) is 7.42. The van der Waals surface area contributed by atoms with Crippen molar-refractivity contribution in [2.75, 3.05) is 6.54 Å². The number of carboxylic acid groups (broad SMARTS) is 1. The fraction of sp³-hybridized carbons (Fsp3) is 0.867. The molecule has 0 aliphatic heterocycles. The highest BCUT2D eigenvalue weighted by atomic mass is 16.4. The predicted molar refractivity (Wildman–Crippen MR) is 78.6 cm³/mol. The van der Waals surface area contributed by atoms with Crippen LogP contribution >= 0.6 is 0 Å². The van der Waals surface area contributed by atoms with Gasteiger partial charge >= 0.3 is 12.0 Å². The Labute approximate surface area is 121 Å². The second kappa shape index (κ2) is 6.46. The van der Waals surface area contributed by atoms with Gasteiger partial charge in [-0.05, 0) is 36.5 Å². The topological polar surface area (TPSA) is 78.4 Å². The van der Waals surface area contributed by atoms with Gasteiger partial charge in [0.25, 0.3) is 0 Å². The van der Waals surface area contributed by atoms with Crippen molar-refractivity contribution in [1.82, 2.24) is 10.6 Å². The van der Waals surface area contributed by atoms with Gasteiger partial charge in [-0.1, -0.05) is 27.7 Å². The number of nitrogens with one attached hydrogen (secondary N) is 2. The molecule has 1 fully saturated rings. The molecule has 5 nitrogen and oxygen atoms in total. The molecular weight excluding hydrogens is 256 g/mol. The highest BCUT2D eigenvalue weighted by Gasteiger charge is 2.40. The minimum atomic E-state index is -0.883. The monoisotopic (exact) mass is 284 g/mol. The molecule has 0 aromatic heterocycles. The normalized spacial score (nSPS) is 18.2. The lowest BCUT2D eigenvalue weighted by Gasteiger charge is -2.26. The maximum Gasteiger partial charge on any atom is 0.315 e. The summed E-state index contributed by atoms with van der Waals surface area (Å²) in [5, 5.41) is 14.6. The molecule has 1 aliphatic carbocycles. The van der Waals surface area contributed by atoms with E-state index in [9.17, 15) is 9.59 Å². The number of amides is 2. The third kappa shape index (κ3) is 6.26. The molecule has 0 saturated heterocycles. The third-order valence-electron chi connectivity index (χ3n) is 3.95. The second-order valence-electron chi connectivity index (χ2n) is 7.24. The Kier molecular flexibility index (Phi) is 5.42. The summed E-state index contributed by atoms with van der Waals surface area (Å²) < 4.78 is 0. The summed E-state index contributed by atoms with van der Waals surface area (Å²) >= 11 is 0. The zero-order valence-electron chi connectivity index (χ0n) is 13.1. The summed E-state index contributed by atoms with van der Waals surface area (Å²) in [6.07, 6.45) is 4.03. The highest BCUT2D eigenvalue weighted by molar-refractivity contribution is 5.75. The Morgan fingerprint density at radius 3 is 2.30 bits per heavy atom. The van der Waals surface area contributed by atoms with E-state index in [1.165, 1.54) is 12.8 Å². The van der Waals surface area contributed by atoms with Gasteiger partial charge in [-0.2, -0.15) is 0 Å². The highest BCUT2D eigenvalue weighted by Crippen LogP contribution is 2.47. The maximum absolute atomic E-state index is 11.9. The van der Waals surface area contributed by atoms with Crippen molar-refractivity contribution in [3.8, 4) is 0 Å². The number of carboxylic acids is 1. The lowest BCUT2D eigenvalue weighted by molar-refractivity contribution is -0.137. The zero-order valence-corrected chi connectivity index (χ0v) is 13.1. The van der Waals surface area contributed by atoms with Gasteiger partial charge in [0, 0.05) is 12.6 Å². The van der Waals surface area contributed by atoms with Gasteiger partial charge in [0.15, 0.2) is 0 Å². The van der Waals surface area contributed by atoms with Crippen LogP contribution < -0.4 is 10.6 Å². The minimum absolute atomic E-state index is 0.0193. The van der Waals surface area contributed by atoms with E-state index in [0.717, 1.165) is 6.42 Å². The number of rotatable bonds is 7. The summed E-state index contributed by atoms with van der Waals surface area (Å²) in [6.45, 7) is 8.94. The van der Waals surface area contributed by atoms with Gasteiger partial charge in [0.1, 0.15) is 0 Å². The molecule has 0 spiro atoms. The molecule has 1 aliphatic rings. The molecule has 0 aromatic carbocycles. The van der Waals surface area contributed by atoms with Gasteiger partial charge in [-0.3, -0.25) is 4.79 Å². The summed E-state index contributed by atoms with van der Waals surface area (Å²) in [7, 11) is 0. The SMILES string of the molecule is CCC1(CNC(=O)NC(CC(=O)O)CC(C)(C)C)CC1. The molecule has 0 bridgehead atoms. The fourth-order valence-corrected chi connectivity index (χ4v) is 2.46. The number of hydrogen-bond acceptors (Lipinski definition) is 2. The van der Waals surface area contributed by atoms with E-state index in [-0.39, 0.29) is 23.9 Å². The summed E-state index contributed by atoms with van der Waals surface area (Å²) in [5.74, 6) is -0.883. The molecule has 1 rings (SSSR count). The van der Waals surface area contributed by atoms with Crippen molar-refractivity contribution < 1.29 is 14.7 Å². The van der Waals surface area contributed by atoms with Gasteiger partial charge in [-0.25, -0.2) is 4.79 Å². The number of aliphatic carboxylic acids is 1. The molecule has 0 aromatic rings. The van der Waals surface area contributed by atoms with Crippen molar-refractivity contribution in [3.05, 3.63) is 0 Å². The van der Waals surface area contributed by atoms with Crippen LogP contribution in [0.5, 0.6) is 0 Å². The van der Waals surface area contributed by atoms with Gasteiger partial charge in [-0.15, -0.1) is 0 Å². The first-order chi connectivity index (χ1) is 9.16. The minimum Gasteiger partial charge on any atom is -0.481 e. The smallest absolute Gasteiger partial charge is 0.315 e. The Bertz CT molecular complexity index is 357. The van der Waals surface area contributed by atoms with Crippen LogP contribution in [-0.4, -0.2) is 29.7 Å². The van der Waals surface area contributed by atoms with E-state index in [2.05, 4.69) is 17.6 Å². The number of carbonyl (C=O) groups excluding carboxylic acids is 1. The molecule has 1 saturated carbocycles. The molecule has 116 valence electrons. The fourth-order valence-electron chi connectivity index (χ4n) is 2.46. The number of carbonyl (C=O) groups is 2. The Morgan fingerprint density at radius 1 is 1.30 bits per heavy atom. The quantitative estimate of drug-likeness (QED) is 0.672. The predicted octanol–water partition coefficient (Wildman–Crippen LogP) is 2.76. The van der Waals surface area contributed by atoms with E-state index < -0.39 is 5.97 Å². The average molecular weight is 284 g/mol. The first kappa shape index (κ1) is 16.8. The molecule has 5 heteroatoms. The van der Waals surface area contributed by atoms with Crippen molar-refractivity contribution >= 4 is 12.0 Å². The lowest BCUT2D eigenvalue weighted by atomic mass is 9.87. The van der Waals surface area contributed by atoms with Crippen molar-refractivity contribution in [2.24, 2.45) is 10.8 Å². The van der Waals surface area contributed by atoms with Crippen molar-refractivity contribution in [3.63, 3.8) is 0 Å². The molecule has 20 heavy (non-hydrogen) atoms. The van der Waals surface area contributed by atoms with Crippen LogP contribution in [0.3, 0.4) is 0 Å². The third-order valence-corrected chi connectivity index (χ3v) is 3.95. The molecule has 0 heterocycles. The van der Waals surface area contributed by atoms with E-state index in [1.807, 2.05) is 20.8 Å². The van der Waals surface area contributed by atoms with Gasteiger partial charge < -0.3 is 15.7 Å². The number of urea groups is 1. The van der Waals surface area contributed by atoms with Crippen molar-refractivity contribution in [1.29, 1.82) is 0 Å². The van der Waals surface area contributed by atoms with E-state index in [4.69, 9.17) is 5.11 Å². The summed E-state index contributed by atoms with van der Waals surface area (Å²) in [5.41, 5.74) is 0.276. The summed E-state index contributed by atoms with van der Waals surface area (Å²) in [6, 6.07) is -0.579. The van der Waals surface area contributed by atoms with Gasteiger partial charge in [0.2, 0.25) is 0 Å². The molecule has 1 atom stereocenters. The van der Waals surface area contributed by atoms with E-state index >= 15 is 0 Å². The van der Waals surface area contributed by atoms with E-state index in [1.54, 1.807) is 0 Å². The first-order valence-electron chi connectivity index (χ1n) is 7.42. The molecule has 3 N–H and O–H groups in total. The molecule has 0 radical (unpaired) electrons. The molecular formula is C15H28N2O3. The van der Waals surface area contributed by atoms with E-state index in [0.29, 0.717) is 18.4 Å². The largest absolute Gasteiger partial charge is 0.481 e. The standard InChI is InChI=1S/C15H28N2O3/c1-5-15(6-7-15)10-16-13(20)17-11(8-12(18)19)9-14(2,3)4/h11H,5-10H2,1-4H3,(H,18,19)(H2,16,17,20). The maximum atomic E-state index is 11.9. The van der Waals surface area contributed by atoms with Crippen LogP contribution in [0.25, 0.3) is 0 Å². The van der Waals surface area contributed by atoms with Crippen LogP contribution in [-0.2, 0) is 4.79 Å². The van der Waals surface area contributed by atoms with Gasteiger partial charge in [0.05, 0.1) is 6.42 Å². The van der Waals surface area contributed by atoms with Crippen LogP contribution in [0.15, 0.2) is 0 Å². The number of hydrogen-bond donors (Lipinski definition) is 3. The Hall–Kier alpha value is -1.26. The van der Waals surface area contributed by atoms with Crippen LogP contribution in [0, 0.1) is 10.8 Å². The van der Waals surface area contributed by atoms with Crippen LogP contribution in [0.4, 0.5) is 4.79 Å².